The van der Waals surface area contributed by atoms with E-state index in [4.69, 9.17) is 5.73 Å². The lowest BCUT2D eigenvalue weighted by Gasteiger charge is -2.54. The zero-order chi connectivity index (χ0) is 14.9. The van der Waals surface area contributed by atoms with Crippen LogP contribution in [0.5, 0.6) is 0 Å². The van der Waals surface area contributed by atoms with Gasteiger partial charge in [-0.25, -0.2) is 0 Å². The van der Waals surface area contributed by atoms with Crippen LogP contribution in [0.1, 0.15) is 50.7 Å². The van der Waals surface area contributed by atoms with Gasteiger partial charge in [0.15, 0.2) is 0 Å². The van der Waals surface area contributed by atoms with E-state index < -0.39 is 0 Å². The number of nitrogens with zero attached hydrogens (tertiary/aromatic N) is 1. The van der Waals surface area contributed by atoms with Crippen molar-refractivity contribution in [1.82, 2.24) is 4.90 Å². The Bertz CT molecular complexity index is 482. The van der Waals surface area contributed by atoms with Gasteiger partial charge in [-0.05, 0) is 42.2 Å². The molecule has 3 rings (SSSR count). The van der Waals surface area contributed by atoms with E-state index >= 15 is 0 Å². The second-order valence-electron chi connectivity index (χ2n) is 7.34. The summed E-state index contributed by atoms with van der Waals surface area (Å²) in [6, 6.07) is 8.95. The van der Waals surface area contributed by atoms with E-state index in [1.165, 1.54) is 49.8 Å². The number of nitrogens with two attached hydrogens (primary N) is 1. The molecule has 0 aromatic heterocycles. The van der Waals surface area contributed by atoms with Gasteiger partial charge in [0.05, 0.1) is 0 Å². The van der Waals surface area contributed by atoms with Crippen LogP contribution in [0.4, 0.5) is 0 Å². The molecule has 1 heterocycles. The maximum Gasteiger partial charge on any atom is 0.0365 e. The molecule has 0 spiro atoms. The van der Waals surface area contributed by atoms with Crippen molar-refractivity contribution in [3.63, 3.8) is 0 Å². The molecule has 1 aliphatic carbocycles. The third-order valence-electron chi connectivity index (χ3n) is 5.98. The summed E-state index contributed by atoms with van der Waals surface area (Å²) in [4.78, 5) is 2.74. The third-order valence-corrected chi connectivity index (χ3v) is 5.98. The molecule has 2 N–H and O–H groups in total. The van der Waals surface area contributed by atoms with Crippen molar-refractivity contribution in [3.8, 4) is 0 Å². The van der Waals surface area contributed by atoms with Gasteiger partial charge >= 0.3 is 0 Å². The van der Waals surface area contributed by atoms with E-state index in [9.17, 15) is 0 Å². The predicted molar refractivity (Wildman–Crippen MR) is 89.1 cm³/mol. The Kier molecular flexibility index (Phi) is 4.37. The Morgan fingerprint density at radius 1 is 1.24 bits per heavy atom. The summed E-state index contributed by atoms with van der Waals surface area (Å²) >= 11 is 0. The number of fused-ring (bicyclic) bond motifs is 1. The summed E-state index contributed by atoms with van der Waals surface area (Å²) in [6.45, 7) is 7.86. The summed E-state index contributed by atoms with van der Waals surface area (Å²) in [5.41, 5.74) is 9.67. The summed E-state index contributed by atoms with van der Waals surface area (Å²) in [5.74, 6) is 1.48. The van der Waals surface area contributed by atoms with Crippen molar-refractivity contribution in [1.29, 1.82) is 0 Å². The van der Waals surface area contributed by atoms with E-state index in [1.807, 2.05) is 0 Å². The van der Waals surface area contributed by atoms with E-state index in [-0.39, 0.29) is 5.54 Å². The quantitative estimate of drug-likeness (QED) is 0.920. The molecule has 21 heavy (non-hydrogen) atoms. The molecule has 2 atom stereocenters. The molecule has 0 saturated heterocycles. The second kappa shape index (κ2) is 6.10. The van der Waals surface area contributed by atoms with Crippen LogP contribution >= 0.6 is 0 Å². The van der Waals surface area contributed by atoms with Gasteiger partial charge in [-0.1, -0.05) is 51.0 Å². The fraction of sp³-hybridized carbons (Fsp3) is 0.684. The zero-order valence-corrected chi connectivity index (χ0v) is 13.6. The maximum absolute atomic E-state index is 6.38. The summed E-state index contributed by atoms with van der Waals surface area (Å²) in [6.07, 6.45) is 6.55. The van der Waals surface area contributed by atoms with Crippen LogP contribution < -0.4 is 5.73 Å². The largest absolute Gasteiger partial charge is 0.329 e. The van der Waals surface area contributed by atoms with E-state index in [2.05, 4.69) is 43.0 Å². The fourth-order valence-electron chi connectivity index (χ4n) is 4.85. The van der Waals surface area contributed by atoms with E-state index in [1.54, 1.807) is 0 Å². The Labute approximate surface area is 129 Å². The number of hydrogen-bond donors (Lipinski definition) is 1. The van der Waals surface area contributed by atoms with Crippen LogP contribution in [0.25, 0.3) is 0 Å². The molecule has 1 saturated carbocycles. The van der Waals surface area contributed by atoms with E-state index in [0.717, 1.165) is 24.9 Å². The lowest BCUT2D eigenvalue weighted by atomic mass is 9.66. The van der Waals surface area contributed by atoms with Gasteiger partial charge in [-0.2, -0.15) is 0 Å². The molecule has 1 fully saturated rings. The Morgan fingerprint density at radius 2 is 2.00 bits per heavy atom. The van der Waals surface area contributed by atoms with Crippen LogP contribution in [0.2, 0.25) is 0 Å². The first-order valence-electron chi connectivity index (χ1n) is 8.69. The average molecular weight is 286 g/mol. The first-order valence-corrected chi connectivity index (χ1v) is 8.69. The van der Waals surface area contributed by atoms with Crippen molar-refractivity contribution in [2.75, 3.05) is 13.1 Å². The molecule has 0 radical (unpaired) electrons. The molecular formula is C19H30N2. The van der Waals surface area contributed by atoms with Crippen LogP contribution in [0.3, 0.4) is 0 Å². The summed E-state index contributed by atoms with van der Waals surface area (Å²) < 4.78 is 0. The van der Waals surface area contributed by atoms with Crippen molar-refractivity contribution >= 4 is 0 Å². The van der Waals surface area contributed by atoms with Gasteiger partial charge in [0.2, 0.25) is 0 Å². The topological polar surface area (TPSA) is 29.3 Å². The molecule has 2 nitrogen and oxygen atoms in total. The SMILES string of the molecule is CC(C)C1CCCCC1(CN)N1CCc2ccccc2C1. The highest BCUT2D eigenvalue weighted by molar-refractivity contribution is 5.29. The number of benzene rings is 1. The van der Waals surface area contributed by atoms with Crippen molar-refractivity contribution in [3.05, 3.63) is 35.4 Å². The van der Waals surface area contributed by atoms with Gasteiger partial charge in [0.1, 0.15) is 0 Å². The maximum atomic E-state index is 6.38. The minimum Gasteiger partial charge on any atom is -0.329 e. The lowest BCUT2D eigenvalue weighted by molar-refractivity contribution is -0.0228. The number of rotatable bonds is 3. The Morgan fingerprint density at radius 3 is 2.71 bits per heavy atom. The molecule has 1 aromatic rings. The summed E-state index contributed by atoms with van der Waals surface area (Å²) in [5, 5.41) is 0. The average Bonchev–Trinajstić information content (AvgIpc) is 2.54. The van der Waals surface area contributed by atoms with Crippen LogP contribution in [-0.2, 0) is 13.0 Å². The molecule has 116 valence electrons. The molecule has 2 heteroatoms. The molecule has 1 aromatic carbocycles. The first kappa shape index (κ1) is 15.1. The van der Waals surface area contributed by atoms with Crippen LogP contribution in [-0.4, -0.2) is 23.5 Å². The number of hydrogen-bond acceptors (Lipinski definition) is 2. The zero-order valence-electron chi connectivity index (χ0n) is 13.6. The van der Waals surface area contributed by atoms with Crippen LogP contribution in [0, 0.1) is 11.8 Å². The molecule has 2 aliphatic rings. The normalized spacial score (nSPS) is 30.4. The van der Waals surface area contributed by atoms with Crippen molar-refractivity contribution in [2.24, 2.45) is 17.6 Å². The highest BCUT2D eigenvalue weighted by Gasteiger charge is 2.45. The lowest BCUT2D eigenvalue weighted by Crippen LogP contribution is -2.62. The van der Waals surface area contributed by atoms with Gasteiger partial charge in [-0.15, -0.1) is 0 Å². The smallest absolute Gasteiger partial charge is 0.0365 e. The van der Waals surface area contributed by atoms with E-state index in [0.29, 0.717) is 0 Å². The van der Waals surface area contributed by atoms with Gasteiger partial charge in [-0.3, -0.25) is 4.90 Å². The fourth-order valence-corrected chi connectivity index (χ4v) is 4.85. The highest BCUT2D eigenvalue weighted by atomic mass is 15.2. The van der Waals surface area contributed by atoms with Crippen molar-refractivity contribution in [2.45, 2.75) is 58.0 Å². The Balaban J connectivity index is 1.89. The molecule has 1 aliphatic heterocycles. The molecular weight excluding hydrogens is 256 g/mol. The molecule has 2 unspecified atom stereocenters. The van der Waals surface area contributed by atoms with Gasteiger partial charge < -0.3 is 5.73 Å². The second-order valence-corrected chi connectivity index (χ2v) is 7.34. The molecule has 0 amide bonds. The standard InChI is InChI=1S/C19H30N2/c1-15(2)18-9-5-6-11-19(18,14-20)21-12-10-16-7-3-4-8-17(16)13-21/h3-4,7-8,15,18H,5-6,9-14,20H2,1-2H3. The minimum absolute atomic E-state index is 0.236. The monoisotopic (exact) mass is 286 g/mol. The minimum atomic E-state index is 0.236. The van der Waals surface area contributed by atoms with Gasteiger partial charge in [0, 0.05) is 25.2 Å². The first-order chi connectivity index (χ1) is 10.2. The summed E-state index contributed by atoms with van der Waals surface area (Å²) in [7, 11) is 0. The van der Waals surface area contributed by atoms with Gasteiger partial charge in [0.25, 0.3) is 0 Å². The molecule has 0 bridgehead atoms. The van der Waals surface area contributed by atoms with Crippen molar-refractivity contribution < 1.29 is 0 Å². The predicted octanol–water partition coefficient (Wildman–Crippen LogP) is 3.59. The highest BCUT2D eigenvalue weighted by Crippen LogP contribution is 2.43. The van der Waals surface area contributed by atoms with Crippen LogP contribution in [0.15, 0.2) is 24.3 Å². The Hall–Kier alpha value is -0.860. The third kappa shape index (κ3) is 2.64.